The van der Waals surface area contributed by atoms with Crippen LogP contribution < -0.4 is 0 Å². The molecule has 0 bridgehead atoms. The van der Waals surface area contributed by atoms with Crippen LogP contribution in [0.2, 0.25) is 10.0 Å². The number of aromatic amines is 1. The molecular weight excluding hydrogens is 335 g/mol. The Bertz CT molecular complexity index is 698. The van der Waals surface area contributed by atoms with Crippen molar-refractivity contribution in [3.63, 3.8) is 0 Å². The molecule has 1 aromatic heterocycles. The van der Waals surface area contributed by atoms with E-state index in [2.05, 4.69) is 25.9 Å². The maximum atomic E-state index is 6.13. The van der Waals surface area contributed by atoms with Gasteiger partial charge < -0.3 is 4.98 Å². The van der Waals surface area contributed by atoms with Crippen molar-refractivity contribution in [3.05, 3.63) is 50.9 Å². The molecular formula is C13H7BrCl2N2. The van der Waals surface area contributed by atoms with Crippen molar-refractivity contribution >= 4 is 50.2 Å². The van der Waals surface area contributed by atoms with Crippen LogP contribution in [0.15, 0.2) is 40.9 Å². The van der Waals surface area contributed by atoms with Crippen LogP contribution in [0, 0.1) is 0 Å². The van der Waals surface area contributed by atoms with Gasteiger partial charge in [0.2, 0.25) is 0 Å². The topological polar surface area (TPSA) is 28.7 Å². The Morgan fingerprint density at radius 2 is 1.72 bits per heavy atom. The van der Waals surface area contributed by atoms with E-state index < -0.39 is 0 Å². The van der Waals surface area contributed by atoms with Crippen LogP contribution in [0.4, 0.5) is 0 Å². The van der Waals surface area contributed by atoms with Gasteiger partial charge in [0.15, 0.2) is 0 Å². The fourth-order valence-electron chi connectivity index (χ4n) is 1.81. The van der Waals surface area contributed by atoms with Crippen LogP contribution >= 0.6 is 39.1 Å². The summed E-state index contributed by atoms with van der Waals surface area (Å²) in [6.45, 7) is 0. The molecule has 0 amide bonds. The molecule has 0 aliphatic heterocycles. The molecule has 0 fully saturated rings. The molecule has 0 saturated heterocycles. The molecule has 1 N–H and O–H groups in total. The normalized spacial score (nSPS) is 11.1. The third kappa shape index (κ3) is 1.92. The molecule has 2 nitrogen and oxygen atoms in total. The van der Waals surface area contributed by atoms with E-state index in [0.29, 0.717) is 15.6 Å². The van der Waals surface area contributed by atoms with Gasteiger partial charge in [-0.25, -0.2) is 4.98 Å². The van der Waals surface area contributed by atoms with Crippen molar-refractivity contribution in [1.82, 2.24) is 9.97 Å². The summed E-state index contributed by atoms with van der Waals surface area (Å²) in [5, 5.41) is 1.20. The molecule has 2 aromatic carbocycles. The Labute approximate surface area is 122 Å². The molecule has 18 heavy (non-hydrogen) atoms. The summed E-state index contributed by atoms with van der Waals surface area (Å²) in [6.07, 6.45) is 0. The maximum absolute atomic E-state index is 6.13. The van der Waals surface area contributed by atoms with E-state index in [1.807, 2.05) is 24.3 Å². The molecule has 0 atom stereocenters. The number of fused-ring (bicyclic) bond motifs is 1. The molecule has 3 aromatic rings. The maximum Gasteiger partial charge on any atom is 0.139 e. The third-order valence-corrected chi connectivity index (χ3v) is 3.99. The minimum Gasteiger partial charge on any atom is -0.337 e. The summed E-state index contributed by atoms with van der Waals surface area (Å²) in [4.78, 5) is 7.71. The highest BCUT2D eigenvalue weighted by molar-refractivity contribution is 9.10. The van der Waals surface area contributed by atoms with Crippen LogP contribution in [0.1, 0.15) is 0 Å². The molecule has 0 saturated carbocycles. The van der Waals surface area contributed by atoms with Crippen molar-refractivity contribution in [2.75, 3.05) is 0 Å². The predicted molar refractivity (Wildman–Crippen MR) is 79.2 cm³/mol. The zero-order valence-electron chi connectivity index (χ0n) is 9.05. The van der Waals surface area contributed by atoms with Crippen LogP contribution in [-0.2, 0) is 0 Å². The monoisotopic (exact) mass is 340 g/mol. The van der Waals surface area contributed by atoms with Crippen LogP contribution in [0.3, 0.4) is 0 Å². The lowest BCUT2D eigenvalue weighted by molar-refractivity contribution is 1.33. The summed E-state index contributed by atoms with van der Waals surface area (Å²) in [5.41, 5.74) is 2.42. The highest BCUT2D eigenvalue weighted by Crippen LogP contribution is 2.32. The van der Waals surface area contributed by atoms with Gasteiger partial charge in [0.25, 0.3) is 0 Å². The summed E-state index contributed by atoms with van der Waals surface area (Å²) in [7, 11) is 0. The van der Waals surface area contributed by atoms with E-state index in [1.165, 1.54) is 0 Å². The van der Waals surface area contributed by atoms with E-state index >= 15 is 0 Å². The van der Waals surface area contributed by atoms with E-state index in [-0.39, 0.29) is 0 Å². The zero-order chi connectivity index (χ0) is 12.7. The number of hydrogen-bond donors (Lipinski definition) is 1. The summed E-state index contributed by atoms with van der Waals surface area (Å²) < 4.78 is 0.969. The number of benzene rings is 2. The molecule has 0 radical (unpaired) electrons. The SMILES string of the molecule is Clc1ccc(Cl)c2[nH]c(-c3ccccc3Br)nc12. The number of nitrogens with zero attached hydrogens (tertiary/aromatic N) is 1. The lowest BCUT2D eigenvalue weighted by atomic mass is 10.2. The largest absolute Gasteiger partial charge is 0.337 e. The number of halogens is 3. The average Bonchev–Trinajstić information content (AvgIpc) is 2.80. The molecule has 3 rings (SSSR count). The van der Waals surface area contributed by atoms with Crippen molar-refractivity contribution in [2.24, 2.45) is 0 Å². The lowest BCUT2D eigenvalue weighted by Gasteiger charge is -1.98. The average molecular weight is 342 g/mol. The van der Waals surface area contributed by atoms with Gasteiger partial charge in [-0.2, -0.15) is 0 Å². The Morgan fingerprint density at radius 3 is 2.44 bits per heavy atom. The third-order valence-electron chi connectivity index (χ3n) is 2.67. The predicted octanol–water partition coefficient (Wildman–Crippen LogP) is 5.30. The van der Waals surface area contributed by atoms with E-state index in [0.717, 1.165) is 21.4 Å². The van der Waals surface area contributed by atoms with Gasteiger partial charge in [0.1, 0.15) is 11.3 Å². The highest BCUT2D eigenvalue weighted by atomic mass is 79.9. The van der Waals surface area contributed by atoms with Gasteiger partial charge >= 0.3 is 0 Å². The smallest absolute Gasteiger partial charge is 0.139 e. The fourth-order valence-corrected chi connectivity index (χ4v) is 2.68. The molecule has 1 heterocycles. The number of imidazole rings is 1. The van der Waals surface area contributed by atoms with Gasteiger partial charge in [-0.05, 0) is 18.2 Å². The van der Waals surface area contributed by atoms with E-state index in [9.17, 15) is 0 Å². The Balaban J connectivity index is 2.29. The molecule has 0 aliphatic rings. The Hall–Kier alpha value is -1.03. The summed E-state index contributed by atoms with van der Waals surface area (Å²) >= 11 is 15.7. The lowest BCUT2D eigenvalue weighted by Crippen LogP contribution is -1.81. The first kappa shape index (κ1) is 12.0. The number of hydrogen-bond acceptors (Lipinski definition) is 1. The molecule has 0 aliphatic carbocycles. The van der Waals surface area contributed by atoms with Crippen molar-refractivity contribution in [3.8, 4) is 11.4 Å². The van der Waals surface area contributed by atoms with Crippen molar-refractivity contribution < 1.29 is 0 Å². The number of aromatic nitrogens is 2. The summed E-state index contributed by atoms with van der Waals surface area (Å²) in [5.74, 6) is 0.743. The number of rotatable bonds is 1. The second-order valence-corrected chi connectivity index (χ2v) is 5.49. The van der Waals surface area contributed by atoms with Crippen LogP contribution in [0.25, 0.3) is 22.4 Å². The van der Waals surface area contributed by atoms with Gasteiger partial charge in [-0.15, -0.1) is 0 Å². The van der Waals surface area contributed by atoms with Crippen LogP contribution in [0.5, 0.6) is 0 Å². The van der Waals surface area contributed by atoms with E-state index in [1.54, 1.807) is 12.1 Å². The van der Waals surface area contributed by atoms with E-state index in [4.69, 9.17) is 23.2 Å². The van der Waals surface area contributed by atoms with Gasteiger partial charge in [0.05, 0.1) is 15.6 Å². The highest BCUT2D eigenvalue weighted by Gasteiger charge is 2.12. The Morgan fingerprint density at radius 1 is 1.00 bits per heavy atom. The first-order chi connectivity index (χ1) is 8.66. The quantitative estimate of drug-likeness (QED) is 0.639. The zero-order valence-corrected chi connectivity index (χ0v) is 12.1. The molecule has 5 heteroatoms. The van der Waals surface area contributed by atoms with Gasteiger partial charge in [-0.3, -0.25) is 0 Å². The fraction of sp³-hybridized carbons (Fsp3) is 0. The molecule has 90 valence electrons. The first-order valence-corrected chi connectivity index (χ1v) is 6.80. The minimum absolute atomic E-state index is 0.587. The Kier molecular flexibility index (Phi) is 3.06. The standard InChI is InChI=1S/C13H7BrCl2N2/c14-8-4-2-1-3-7(8)13-17-11-9(15)5-6-10(16)12(11)18-13/h1-6H,(H,17,18). The number of H-pyrrole nitrogens is 1. The second kappa shape index (κ2) is 4.57. The van der Waals surface area contributed by atoms with Crippen molar-refractivity contribution in [1.29, 1.82) is 0 Å². The summed E-state index contributed by atoms with van der Waals surface area (Å²) in [6, 6.07) is 11.4. The first-order valence-electron chi connectivity index (χ1n) is 5.25. The van der Waals surface area contributed by atoms with Crippen molar-refractivity contribution in [2.45, 2.75) is 0 Å². The van der Waals surface area contributed by atoms with Gasteiger partial charge in [0, 0.05) is 10.0 Å². The number of nitrogens with one attached hydrogen (secondary N) is 1. The van der Waals surface area contributed by atoms with Crippen LogP contribution in [-0.4, -0.2) is 9.97 Å². The second-order valence-electron chi connectivity index (χ2n) is 3.82. The molecule has 0 unspecified atom stereocenters. The minimum atomic E-state index is 0.587. The molecule has 0 spiro atoms. The van der Waals surface area contributed by atoms with Gasteiger partial charge in [-0.1, -0.05) is 57.3 Å².